The van der Waals surface area contributed by atoms with Crippen molar-refractivity contribution in [1.29, 1.82) is 0 Å². The Bertz CT molecular complexity index is 56.5. The molecule has 1 aliphatic heterocycles. The zero-order valence-corrected chi connectivity index (χ0v) is 3.96. The van der Waals surface area contributed by atoms with Crippen molar-refractivity contribution < 1.29 is 14.3 Å². The van der Waals surface area contributed by atoms with Crippen LogP contribution in [-0.4, -0.2) is 55.1 Å². The topological polar surface area (TPSA) is 38.7 Å². The summed E-state index contributed by atoms with van der Waals surface area (Å²) in [6.45, 7) is 1.22. The second kappa shape index (κ2) is 4.79. The third-order valence-corrected chi connectivity index (χ3v) is 0.810. The van der Waals surface area contributed by atoms with Crippen LogP contribution in [0.5, 0.6) is 0 Å². The summed E-state index contributed by atoms with van der Waals surface area (Å²) in [5.74, 6) is 0. The van der Waals surface area contributed by atoms with Crippen molar-refractivity contribution in [1.82, 2.24) is 0 Å². The standard InChI is InChI=1S/C3H7BO3.Na.H/c5-4-6-2-1-3-7-4;;/h5H,1-3H2;;. The summed E-state index contributed by atoms with van der Waals surface area (Å²) in [5.41, 5.74) is 0. The third kappa shape index (κ3) is 3.07. The minimum atomic E-state index is -0.964. The Labute approximate surface area is 70.8 Å². The molecule has 0 spiro atoms. The molecule has 0 aromatic rings. The van der Waals surface area contributed by atoms with Crippen LogP contribution in [0.2, 0.25) is 0 Å². The minimum absolute atomic E-state index is 0. The number of hydrogen-bond donors (Lipinski definition) is 1. The number of hydrogen-bond acceptors (Lipinski definition) is 3. The molecule has 0 saturated carbocycles. The molecule has 0 aromatic carbocycles. The molecule has 0 radical (unpaired) electrons. The first-order chi connectivity index (χ1) is 3.39. The summed E-state index contributed by atoms with van der Waals surface area (Å²) >= 11 is 0. The van der Waals surface area contributed by atoms with Gasteiger partial charge in [-0.2, -0.15) is 0 Å². The monoisotopic (exact) mass is 126 g/mol. The van der Waals surface area contributed by atoms with E-state index in [1.807, 2.05) is 0 Å². The Balaban J connectivity index is 0.000000490. The van der Waals surface area contributed by atoms with Gasteiger partial charge >= 0.3 is 36.9 Å². The van der Waals surface area contributed by atoms with E-state index < -0.39 is 7.32 Å². The van der Waals surface area contributed by atoms with Crippen LogP contribution in [0, 0.1) is 0 Å². The molecule has 1 saturated heterocycles. The predicted octanol–water partition coefficient (Wildman–Crippen LogP) is -1.25. The fraction of sp³-hybridized carbons (Fsp3) is 1.00. The predicted molar refractivity (Wildman–Crippen MR) is 31.6 cm³/mol. The zero-order chi connectivity index (χ0) is 5.11. The molecular weight excluding hydrogens is 118 g/mol. The van der Waals surface area contributed by atoms with Crippen LogP contribution in [0.1, 0.15) is 6.42 Å². The van der Waals surface area contributed by atoms with Gasteiger partial charge in [0.15, 0.2) is 0 Å². The molecule has 0 atom stereocenters. The van der Waals surface area contributed by atoms with E-state index in [9.17, 15) is 0 Å². The average molecular weight is 126 g/mol. The molecule has 42 valence electrons. The molecule has 0 aromatic heterocycles. The molecule has 1 fully saturated rings. The van der Waals surface area contributed by atoms with Gasteiger partial charge in [-0.25, -0.2) is 0 Å². The van der Waals surface area contributed by atoms with Crippen molar-refractivity contribution >= 4 is 36.9 Å². The Hall–Kier alpha value is 0.945. The summed E-state index contributed by atoms with van der Waals surface area (Å²) < 4.78 is 9.22. The summed E-state index contributed by atoms with van der Waals surface area (Å²) in [5, 5.41) is 8.46. The summed E-state index contributed by atoms with van der Waals surface area (Å²) in [7, 11) is -0.964. The van der Waals surface area contributed by atoms with Gasteiger partial charge in [-0.3, -0.25) is 0 Å². The Kier molecular flexibility index (Phi) is 5.36. The molecule has 1 heterocycles. The molecule has 0 bridgehead atoms. The van der Waals surface area contributed by atoms with Gasteiger partial charge in [0, 0.05) is 13.2 Å². The van der Waals surface area contributed by atoms with Gasteiger partial charge < -0.3 is 14.3 Å². The molecule has 0 amide bonds. The first-order valence-electron chi connectivity index (χ1n) is 2.31. The van der Waals surface area contributed by atoms with Gasteiger partial charge in [0.2, 0.25) is 0 Å². The van der Waals surface area contributed by atoms with Gasteiger partial charge in [0.05, 0.1) is 0 Å². The van der Waals surface area contributed by atoms with Crippen LogP contribution in [0.4, 0.5) is 0 Å². The van der Waals surface area contributed by atoms with E-state index in [0.717, 1.165) is 6.42 Å². The van der Waals surface area contributed by atoms with Gasteiger partial charge in [0.25, 0.3) is 0 Å². The van der Waals surface area contributed by atoms with E-state index in [4.69, 9.17) is 5.02 Å². The van der Waals surface area contributed by atoms with E-state index in [2.05, 4.69) is 9.31 Å². The maximum absolute atomic E-state index is 8.46. The first-order valence-corrected chi connectivity index (χ1v) is 2.31. The van der Waals surface area contributed by atoms with Gasteiger partial charge in [0.1, 0.15) is 0 Å². The molecular formula is C3H8BNaO3. The van der Waals surface area contributed by atoms with Gasteiger partial charge in [-0.1, -0.05) is 0 Å². The van der Waals surface area contributed by atoms with Crippen LogP contribution in [-0.2, 0) is 9.31 Å². The van der Waals surface area contributed by atoms with Crippen LogP contribution in [0.3, 0.4) is 0 Å². The molecule has 1 aliphatic rings. The Morgan fingerprint density at radius 3 is 2.00 bits per heavy atom. The third-order valence-electron chi connectivity index (χ3n) is 0.810. The van der Waals surface area contributed by atoms with E-state index in [1.165, 1.54) is 0 Å². The number of rotatable bonds is 0. The van der Waals surface area contributed by atoms with E-state index in [-0.39, 0.29) is 29.6 Å². The summed E-state index contributed by atoms with van der Waals surface area (Å²) in [6, 6.07) is 0. The first kappa shape index (κ1) is 8.94. The van der Waals surface area contributed by atoms with Crippen LogP contribution >= 0.6 is 0 Å². The van der Waals surface area contributed by atoms with Crippen molar-refractivity contribution in [2.75, 3.05) is 13.2 Å². The van der Waals surface area contributed by atoms with Crippen molar-refractivity contribution in [2.45, 2.75) is 6.42 Å². The van der Waals surface area contributed by atoms with Crippen molar-refractivity contribution in [3.8, 4) is 0 Å². The normalized spacial score (nSPS) is 19.9. The molecule has 5 heteroatoms. The van der Waals surface area contributed by atoms with Crippen LogP contribution < -0.4 is 0 Å². The fourth-order valence-electron chi connectivity index (χ4n) is 0.475. The second-order valence-electron chi connectivity index (χ2n) is 1.40. The second-order valence-corrected chi connectivity index (χ2v) is 1.40. The quantitative estimate of drug-likeness (QED) is 0.412. The molecule has 1 N–H and O–H groups in total. The molecule has 8 heavy (non-hydrogen) atoms. The van der Waals surface area contributed by atoms with Crippen molar-refractivity contribution in [3.63, 3.8) is 0 Å². The van der Waals surface area contributed by atoms with Gasteiger partial charge in [-0.05, 0) is 6.42 Å². The zero-order valence-electron chi connectivity index (χ0n) is 3.96. The maximum atomic E-state index is 8.46. The average Bonchev–Trinajstić information content (AvgIpc) is 1.69. The molecule has 0 unspecified atom stereocenters. The Morgan fingerprint density at radius 2 is 1.75 bits per heavy atom. The SMILES string of the molecule is OB1OCCCO1.[NaH]. The fourth-order valence-corrected chi connectivity index (χ4v) is 0.475. The van der Waals surface area contributed by atoms with E-state index >= 15 is 0 Å². The van der Waals surface area contributed by atoms with Crippen LogP contribution in [0.25, 0.3) is 0 Å². The van der Waals surface area contributed by atoms with Crippen LogP contribution in [0.15, 0.2) is 0 Å². The molecule has 0 aliphatic carbocycles. The van der Waals surface area contributed by atoms with E-state index in [1.54, 1.807) is 0 Å². The van der Waals surface area contributed by atoms with Crippen molar-refractivity contribution in [3.05, 3.63) is 0 Å². The summed E-state index contributed by atoms with van der Waals surface area (Å²) in [6.07, 6.45) is 0.886. The van der Waals surface area contributed by atoms with Crippen molar-refractivity contribution in [2.24, 2.45) is 0 Å². The molecule has 1 rings (SSSR count). The molecule has 3 nitrogen and oxygen atoms in total. The Morgan fingerprint density at radius 1 is 1.25 bits per heavy atom. The van der Waals surface area contributed by atoms with E-state index in [0.29, 0.717) is 13.2 Å². The van der Waals surface area contributed by atoms with Gasteiger partial charge in [-0.15, -0.1) is 0 Å². The summed E-state index contributed by atoms with van der Waals surface area (Å²) in [4.78, 5) is 0.